The fraction of sp³-hybridized carbons (Fsp3) is 0.545. The summed E-state index contributed by atoms with van der Waals surface area (Å²) in [5.41, 5.74) is 0.822. The number of rotatable bonds is 5. The molecule has 2 heterocycles. The highest BCUT2D eigenvalue weighted by Gasteiger charge is 2.16. The number of hydrogen-bond acceptors (Lipinski definition) is 4. The van der Waals surface area contributed by atoms with Crippen LogP contribution in [0, 0.1) is 0 Å². The van der Waals surface area contributed by atoms with E-state index in [1.165, 1.54) is 6.42 Å². The summed E-state index contributed by atoms with van der Waals surface area (Å²) in [6.45, 7) is 4.61. The molecule has 2 rings (SSSR count). The van der Waals surface area contributed by atoms with E-state index in [2.05, 4.69) is 15.6 Å². The molecule has 1 aliphatic heterocycles. The molecule has 0 saturated carbocycles. The van der Waals surface area contributed by atoms with Gasteiger partial charge in [-0.1, -0.05) is 11.6 Å². The van der Waals surface area contributed by atoms with Gasteiger partial charge in [0.25, 0.3) is 0 Å². The predicted molar refractivity (Wildman–Crippen MR) is 65.3 cm³/mol. The summed E-state index contributed by atoms with van der Waals surface area (Å²) in [5.74, 6) is 0.758. The molecule has 1 atom stereocenters. The molecular weight excluding hydrogens is 226 g/mol. The van der Waals surface area contributed by atoms with E-state index in [1.54, 1.807) is 6.20 Å². The van der Waals surface area contributed by atoms with Gasteiger partial charge in [0.1, 0.15) is 12.4 Å². The Morgan fingerprint density at radius 2 is 2.50 bits per heavy atom. The summed E-state index contributed by atoms with van der Waals surface area (Å²) in [6.07, 6.45) is 2.84. The Bertz CT molecular complexity index is 355. The summed E-state index contributed by atoms with van der Waals surface area (Å²) in [6, 6.07) is 2.37. The minimum atomic E-state index is 0.482. The molecule has 88 valence electrons. The predicted octanol–water partition coefficient (Wildman–Crippen LogP) is 1.91. The van der Waals surface area contributed by atoms with E-state index in [9.17, 15) is 0 Å². The van der Waals surface area contributed by atoms with Crippen molar-refractivity contribution in [1.82, 2.24) is 10.3 Å². The van der Waals surface area contributed by atoms with Crippen molar-refractivity contribution in [2.75, 3.05) is 25.0 Å². The Morgan fingerprint density at radius 3 is 3.12 bits per heavy atom. The first-order chi connectivity index (χ1) is 7.79. The summed E-state index contributed by atoms with van der Waals surface area (Å²) in [7, 11) is 0. The van der Waals surface area contributed by atoms with Crippen LogP contribution in [0.4, 0.5) is 5.69 Å². The van der Waals surface area contributed by atoms with Gasteiger partial charge in [0.2, 0.25) is 0 Å². The van der Waals surface area contributed by atoms with Crippen molar-refractivity contribution in [1.29, 1.82) is 0 Å². The molecule has 1 aromatic rings. The van der Waals surface area contributed by atoms with Crippen molar-refractivity contribution >= 4 is 17.3 Å². The standard InChI is InChI=1S/C11H16ClN3O/c1-2-13-10-5-9(6-15-11(10)12)16-7-8-3-4-14-8/h5-6,8,13-14H,2-4,7H2,1H3. The van der Waals surface area contributed by atoms with Gasteiger partial charge >= 0.3 is 0 Å². The fourth-order valence-corrected chi connectivity index (χ4v) is 1.68. The van der Waals surface area contributed by atoms with Gasteiger partial charge in [0.15, 0.2) is 5.15 Å². The third-order valence-corrected chi connectivity index (χ3v) is 2.86. The topological polar surface area (TPSA) is 46.2 Å². The van der Waals surface area contributed by atoms with Crippen molar-refractivity contribution in [2.45, 2.75) is 19.4 Å². The smallest absolute Gasteiger partial charge is 0.152 e. The highest BCUT2D eigenvalue weighted by Crippen LogP contribution is 2.24. The van der Waals surface area contributed by atoms with E-state index in [1.807, 2.05) is 13.0 Å². The van der Waals surface area contributed by atoms with Gasteiger partial charge in [-0.2, -0.15) is 0 Å². The van der Waals surface area contributed by atoms with E-state index in [-0.39, 0.29) is 0 Å². The van der Waals surface area contributed by atoms with Gasteiger partial charge in [0, 0.05) is 18.7 Å². The van der Waals surface area contributed by atoms with Gasteiger partial charge < -0.3 is 15.4 Å². The van der Waals surface area contributed by atoms with Gasteiger partial charge in [-0.05, 0) is 19.9 Å². The van der Waals surface area contributed by atoms with E-state index in [0.717, 1.165) is 24.5 Å². The SMILES string of the molecule is CCNc1cc(OCC2CCN2)cnc1Cl. The number of hydrogen-bond donors (Lipinski definition) is 2. The number of anilines is 1. The zero-order chi connectivity index (χ0) is 11.4. The highest BCUT2D eigenvalue weighted by atomic mass is 35.5. The molecule has 1 saturated heterocycles. The van der Waals surface area contributed by atoms with Crippen molar-refractivity contribution in [2.24, 2.45) is 0 Å². The maximum atomic E-state index is 5.93. The average Bonchev–Trinajstić information content (AvgIpc) is 2.21. The maximum absolute atomic E-state index is 5.93. The van der Waals surface area contributed by atoms with Gasteiger partial charge in [-0.25, -0.2) is 4.98 Å². The van der Waals surface area contributed by atoms with Crippen LogP contribution in [0.25, 0.3) is 0 Å². The van der Waals surface area contributed by atoms with Crippen molar-refractivity contribution in [3.8, 4) is 5.75 Å². The lowest BCUT2D eigenvalue weighted by molar-refractivity contribution is 0.217. The normalized spacial score (nSPS) is 19.0. The van der Waals surface area contributed by atoms with Gasteiger partial charge in [-0.15, -0.1) is 0 Å². The molecular formula is C11H16ClN3O. The molecule has 1 unspecified atom stereocenters. The van der Waals surface area contributed by atoms with E-state index >= 15 is 0 Å². The average molecular weight is 242 g/mol. The van der Waals surface area contributed by atoms with Crippen molar-refractivity contribution in [3.63, 3.8) is 0 Å². The van der Waals surface area contributed by atoms with Crippen LogP contribution in [-0.2, 0) is 0 Å². The Kier molecular flexibility index (Phi) is 3.85. The van der Waals surface area contributed by atoms with Gasteiger partial charge in [0.05, 0.1) is 11.9 Å². The van der Waals surface area contributed by atoms with Crippen LogP contribution in [0.5, 0.6) is 5.75 Å². The third-order valence-electron chi connectivity index (χ3n) is 2.56. The molecule has 2 N–H and O–H groups in total. The molecule has 1 fully saturated rings. The molecule has 0 aliphatic carbocycles. The second-order valence-corrected chi connectivity index (χ2v) is 4.15. The highest BCUT2D eigenvalue weighted by molar-refractivity contribution is 6.32. The van der Waals surface area contributed by atoms with E-state index in [0.29, 0.717) is 17.8 Å². The molecule has 0 amide bonds. The summed E-state index contributed by atoms with van der Waals surface area (Å²) in [5, 5.41) is 6.90. The van der Waals surface area contributed by atoms with Gasteiger partial charge in [-0.3, -0.25) is 0 Å². The third kappa shape index (κ3) is 2.77. The first-order valence-corrected chi connectivity index (χ1v) is 5.93. The Labute approximate surface area is 100 Å². The minimum absolute atomic E-state index is 0.482. The number of halogens is 1. The zero-order valence-electron chi connectivity index (χ0n) is 9.29. The Morgan fingerprint density at radius 1 is 1.69 bits per heavy atom. The van der Waals surface area contributed by atoms with E-state index < -0.39 is 0 Å². The lowest BCUT2D eigenvalue weighted by Crippen LogP contribution is -2.46. The molecule has 0 spiro atoms. The second kappa shape index (κ2) is 5.37. The van der Waals surface area contributed by atoms with Crippen molar-refractivity contribution in [3.05, 3.63) is 17.4 Å². The molecule has 5 heteroatoms. The maximum Gasteiger partial charge on any atom is 0.152 e. The lowest BCUT2D eigenvalue weighted by atomic mass is 10.1. The van der Waals surface area contributed by atoms with Crippen LogP contribution in [-0.4, -0.2) is 30.7 Å². The van der Waals surface area contributed by atoms with Crippen LogP contribution in [0.1, 0.15) is 13.3 Å². The number of pyridine rings is 1. The molecule has 0 radical (unpaired) electrons. The summed E-state index contributed by atoms with van der Waals surface area (Å²) >= 11 is 5.93. The molecule has 1 aliphatic rings. The minimum Gasteiger partial charge on any atom is -0.490 e. The fourth-order valence-electron chi connectivity index (χ4n) is 1.51. The van der Waals surface area contributed by atoms with E-state index in [4.69, 9.17) is 16.3 Å². The van der Waals surface area contributed by atoms with Crippen LogP contribution < -0.4 is 15.4 Å². The quantitative estimate of drug-likeness (QED) is 0.774. The zero-order valence-corrected chi connectivity index (χ0v) is 10.0. The second-order valence-electron chi connectivity index (χ2n) is 3.79. The van der Waals surface area contributed by atoms with Crippen LogP contribution in [0.15, 0.2) is 12.3 Å². The molecule has 16 heavy (non-hydrogen) atoms. The summed E-state index contributed by atoms with van der Waals surface area (Å²) in [4.78, 5) is 4.08. The number of nitrogens with one attached hydrogen (secondary N) is 2. The molecule has 0 bridgehead atoms. The molecule has 1 aromatic heterocycles. The largest absolute Gasteiger partial charge is 0.490 e. The number of aromatic nitrogens is 1. The molecule has 0 aromatic carbocycles. The lowest BCUT2D eigenvalue weighted by Gasteiger charge is -2.27. The monoisotopic (exact) mass is 241 g/mol. The number of nitrogens with zero attached hydrogens (tertiary/aromatic N) is 1. The van der Waals surface area contributed by atoms with Crippen LogP contribution in [0.2, 0.25) is 5.15 Å². The number of ether oxygens (including phenoxy) is 1. The molecule has 4 nitrogen and oxygen atoms in total. The first-order valence-electron chi connectivity index (χ1n) is 5.55. The van der Waals surface area contributed by atoms with Crippen molar-refractivity contribution < 1.29 is 4.74 Å². The first kappa shape index (κ1) is 11.5. The Hall–Kier alpha value is -1.00. The van der Waals surface area contributed by atoms with Crippen LogP contribution >= 0.6 is 11.6 Å². The Balaban J connectivity index is 1.94. The summed E-state index contributed by atoms with van der Waals surface area (Å²) < 4.78 is 5.63. The van der Waals surface area contributed by atoms with Crippen LogP contribution in [0.3, 0.4) is 0 Å².